The SMILES string of the molecule is COc1cc(OC)cc(C(=O)NCC2CCN(CCNS(=O)(=O)C3CC3)NC2)c1. The van der Waals surface area contributed by atoms with Crippen LogP contribution in [0.5, 0.6) is 11.5 Å². The van der Waals surface area contributed by atoms with E-state index in [0.717, 1.165) is 32.4 Å². The number of amides is 1. The number of hydrogen-bond acceptors (Lipinski definition) is 7. The number of hydrogen-bond donors (Lipinski definition) is 3. The molecular formula is C19H30N4O5S. The predicted octanol–water partition coefficient (Wildman–Crippen LogP) is 0.342. The van der Waals surface area contributed by atoms with Crippen molar-refractivity contribution in [2.24, 2.45) is 5.92 Å². The van der Waals surface area contributed by atoms with Gasteiger partial charge in [0.05, 0.1) is 19.5 Å². The largest absolute Gasteiger partial charge is 0.497 e. The highest BCUT2D eigenvalue weighted by Crippen LogP contribution is 2.27. The van der Waals surface area contributed by atoms with Crippen LogP contribution < -0.4 is 24.9 Å². The topological polar surface area (TPSA) is 109 Å². The molecule has 0 radical (unpaired) electrons. The van der Waals surface area contributed by atoms with Gasteiger partial charge in [-0.25, -0.2) is 18.1 Å². The fraction of sp³-hybridized carbons (Fsp3) is 0.632. The first-order chi connectivity index (χ1) is 13.9. The molecule has 3 N–H and O–H groups in total. The Bertz CT molecular complexity index is 783. The molecule has 1 saturated heterocycles. The number of methoxy groups -OCH3 is 2. The van der Waals surface area contributed by atoms with Crippen molar-refractivity contribution in [1.29, 1.82) is 0 Å². The third kappa shape index (κ3) is 6.30. The highest BCUT2D eigenvalue weighted by molar-refractivity contribution is 7.90. The Labute approximate surface area is 172 Å². The Hall–Kier alpha value is -1.88. The summed E-state index contributed by atoms with van der Waals surface area (Å²) in [5, 5.41) is 4.81. The van der Waals surface area contributed by atoms with Crippen molar-refractivity contribution in [2.75, 3.05) is 46.9 Å². The lowest BCUT2D eigenvalue weighted by molar-refractivity contribution is 0.0915. The first-order valence-corrected chi connectivity index (χ1v) is 11.4. The van der Waals surface area contributed by atoms with Crippen molar-refractivity contribution in [3.63, 3.8) is 0 Å². The van der Waals surface area contributed by atoms with Crippen molar-refractivity contribution in [1.82, 2.24) is 20.5 Å². The highest BCUT2D eigenvalue weighted by Gasteiger charge is 2.35. The molecule has 1 heterocycles. The van der Waals surface area contributed by atoms with Gasteiger partial charge in [0.1, 0.15) is 11.5 Å². The molecule has 1 aromatic rings. The smallest absolute Gasteiger partial charge is 0.251 e. The first-order valence-electron chi connectivity index (χ1n) is 9.89. The van der Waals surface area contributed by atoms with Crippen molar-refractivity contribution in [3.8, 4) is 11.5 Å². The average molecular weight is 427 g/mol. The Morgan fingerprint density at radius 3 is 2.41 bits per heavy atom. The van der Waals surface area contributed by atoms with Gasteiger partial charge in [-0.3, -0.25) is 10.2 Å². The number of carbonyl (C=O) groups is 1. The molecule has 10 heteroatoms. The van der Waals surface area contributed by atoms with E-state index in [0.29, 0.717) is 42.6 Å². The maximum atomic E-state index is 12.5. The molecule has 29 heavy (non-hydrogen) atoms. The van der Waals surface area contributed by atoms with Crippen LogP contribution in [-0.2, 0) is 10.0 Å². The van der Waals surface area contributed by atoms with E-state index in [4.69, 9.17) is 9.47 Å². The molecule has 1 atom stereocenters. The summed E-state index contributed by atoms with van der Waals surface area (Å²) in [5.41, 5.74) is 3.80. The van der Waals surface area contributed by atoms with Crippen molar-refractivity contribution in [3.05, 3.63) is 23.8 Å². The van der Waals surface area contributed by atoms with Gasteiger partial charge in [0.15, 0.2) is 0 Å². The quantitative estimate of drug-likeness (QED) is 0.495. The average Bonchev–Trinajstić information content (AvgIpc) is 3.58. The monoisotopic (exact) mass is 426 g/mol. The van der Waals surface area contributed by atoms with Gasteiger partial charge < -0.3 is 14.8 Å². The normalized spacial score (nSPS) is 20.3. The molecule has 1 unspecified atom stereocenters. The van der Waals surface area contributed by atoms with Crippen molar-refractivity contribution in [2.45, 2.75) is 24.5 Å². The molecule has 0 spiro atoms. The van der Waals surface area contributed by atoms with Crippen LogP contribution in [0.3, 0.4) is 0 Å². The summed E-state index contributed by atoms with van der Waals surface area (Å²) in [4.78, 5) is 12.5. The second-order valence-electron chi connectivity index (χ2n) is 7.45. The summed E-state index contributed by atoms with van der Waals surface area (Å²) in [6.45, 7) is 3.13. The summed E-state index contributed by atoms with van der Waals surface area (Å²) in [6.07, 6.45) is 2.46. The van der Waals surface area contributed by atoms with E-state index in [2.05, 4.69) is 15.5 Å². The van der Waals surface area contributed by atoms with Gasteiger partial charge in [-0.2, -0.15) is 0 Å². The van der Waals surface area contributed by atoms with Crippen molar-refractivity contribution < 1.29 is 22.7 Å². The maximum Gasteiger partial charge on any atom is 0.251 e. The van der Waals surface area contributed by atoms with E-state index in [1.807, 2.05) is 5.01 Å². The molecular weight excluding hydrogens is 396 g/mol. The molecule has 162 valence electrons. The molecule has 2 fully saturated rings. The first kappa shape index (κ1) is 21.8. The summed E-state index contributed by atoms with van der Waals surface area (Å²) in [6, 6.07) is 5.09. The Balaban J connectivity index is 1.38. The molecule has 0 bridgehead atoms. The number of ether oxygens (including phenoxy) is 2. The Kier molecular flexibility index (Phi) is 7.33. The Morgan fingerprint density at radius 2 is 1.86 bits per heavy atom. The van der Waals surface area contributed by atoms with Gasteiger partial charge in [-0.05, 0) is 37.3 Å². The number of benzene rings is 1. The molecule has 1 amide bonds. The van der Waals surface area contributed by atoms with Crippen LogP contribution in [0.15, 0.2) is 18.2 Å². The van der Waals surface area contributed by atoms with E-state index in [-0.39, 0.29) is 11.2 Å². The number of carbonyl (C=O) groups excluding carboxylic acids is 1. The highest BCUT2D eigenvalue weighted by atomic mass is 32.2. The zero-order valence-corrected chi connectivity index (χ0v) is 17.8. The van der Waals surface area contributed by atoms with Crippen LogP contribution in [0.4, 0.5) is 0 Å². The number of sulfonamides is 1. The summed E-state index contributed by atoms with van der Waals surface area (Å²) in [5.74, 6) is 1.29. The molecule has 1 aliphatic carbocycles. The van der Waals surface area contributed by atoms with E-state index in [1.165, 1.54) is 0 Å². The van der Waals surface area contributed by atoms with Crippen LogP contribution in [0.2, 0.25) is 0 Å². The molecule has 1 aromatic carbocycles. The van der Waals surface area contributed by atoms with Gasteiger partial charge in [-0.15, -0.1) is 0 Å². The zero-order valence-electron chi connectivity index (χ0n) is 16.9. The van der Waals surface area contributed by atoms with Crippen LogP contribution >= 0.6 is 0 Å². The molecule has 1 aliphatic heterocycles. The van der Waals surface area contributed by atoms with E-state index in [9.17, 15) is 13.2 Å². The van der Waals surface area contributed by atoms with Gasteiger partial charge in [0.2, 0.25) is 10.0 Å². The number of nitrogens with one attached hydrogen (secondary N) is 3. The Morgan fingerprint density at radius 1 is 1.17 bits per heavy atom. The lowest BCUT2D eigenvalue weighted by Crippen LogP contribution is -2.51. The van der Waals surface area contributed by atoms with E-state index in [1.54, 1.807) is 32.4 Å². The number of rotatable bonds is 10. The molecule has 0 aromatic heterocycles. The third-order valence-electron chi connectivity index (χ3n) is 5.22. The molecule has 1 saturated carbocycles. The molecule has 2 aliphatic rings. The minimum atomic E-state index is -3.12. The fourth-order valence-electron chi connectivity index (χ4n) is 3.24. The second kappa shape index (κ2) is 9.75. The lowest BCUT2D eigenvalue weighted by atomic mass is 10.0. The van der Waals surface area contributed by atoms with E-state index < -0.39 is 10.0 Å². The standard InChI is InChI=1S/C19H30N4O5S/c1-27-16-9-15(10-17(11-16)28-2)19(24)20-12-14-5-7-23(21-13-14)8-6-22-29(25,26)18-3-4-18/h9-11,14,18,21-22H,3-8,12-13H2,1-2H3,(H,20,24). The fourth-order valence-corrected chi connectivity index (χ4v) is 4.61. The third-order valence-corrected chi connectivity index (χ3v) is 7.18. The maximum absolute atomic E-state index is 12.5. The lowest BCUT2D eigenvalue weighted by Gasteiger charge is -2.33. The van der Waals surface area contributed by atoms with Gasteiger partial charge in [-0.1, -0.05) is 0 Å². The van der Waals surface area contributed by atoms with Crippen LogP contribution in [-0.4, -0.2) is 71.5 Å². The molecule has 3 rings (SSSR count). The second-order valence-corrected chi connectivity index (χ2v) is 9.50. The predicted molar refractivity (Wildman–Crippen MR) is 110 cm³/mol. The number of nitrogens with zero attached hydrogens (tertiary/aromatic N) is 1. The number of hydrazine groups is 1. The zero-order chi connectivity index (χ0) is 20.9. The van der Waals surface area contributed by atoms with Gasteiger partial charge in [0.25, 0.3) is 5.91 Å². The summed E-state index contributed by atoms with van der Waals surface area (Å²) >= 11 is 0. The minimum absolute atomic E-state index is 0.167. The van der Waals surface area contributed by atoms with Crippen LogP contribution in [0.25, 0.3) is 0 Å². The summed E-state index contributed by atoms with van der Waals surface area (Å²) < 4.78 is 36.7. The van der Waals surface area contributed by atoms with Crippen molar-refractivity contribution >= 4 is 15.9 Å². The molecule has 9 nitrogen and oxygen atoms in total. The van der Waals surface area contributed by atoms with Crippen LogP contribution in [0, 0.1) is 5.92 Å². The minimum Gasteiger partial charge on any atom is -0.497 e. The van der Waals surface area contributed by atoms with Gasteiger partial charge in [0, 0.05) is 44.4 Å². The van der Waals surface area contributed by atoms with E-state index >= 15 is 0 Å². The van der Waals surface area contributed by atoms with Crippen LogP contribution in [0.1, 0.15) is 29.6 Å². The van der Waals surface area contributed by atoms with Gasteiger partial charge >= 0.3 is 0 Å². The summed E-state index contributed by atoms with van der Waals surface area (Å²) in [7, 11) is -0.0263.